The van der Waals surface area contributed by atoms with E-state index in [9.17, 15) is 0 Å². The first-order valence-electron chi connectivity index (χ1n) is 8.92. The third kappa shape index (κ3) is 2.63. The average molecular weight is 334 g/mol. The van der Waals surface area contributed by atoms with Crippen LogP contribution in [0.15, 0.2) is 53.3 Å². The van der Waals surface area contributed by atoms with Crippen LogP contribution in [0.4, 0.5) is 5.82 Å². The third-order valence-corrected chi connectivity index (χ3v) is 5.25. The van der Waals surface area contributed by atoms with Crippen molar-refractivity contribution in [2.45, 2.75) is 19.4 Å². The second-order valence-corrected chi connectivity index (χ2v) is 6.91. The van der Waals surface area contributed by atoms with Crippen molar-refractivity contribution >= 4 is 17.9 Å². The Kier molecular flexibility index (Phi) is 3.57. The Bertz CT molecular complexity index is 821. The van der Waals surface area contributed by atoms with E-state index in [1.165, 1.54) is 36.3 Å². The third-order valence-electron chi connectivity index (χ3n) is 5.25. The first-order chi connectivity index (χ1) is 12.4. The molecule has 0 bridgehead atoms. The largest absolute Gasteiger partial charge is 0.346 e. The Morgan fingerprint density at radius 2 is 2.08 bits per heavy atom. The number of aliphatic imine (C=N–C) groups is 1. The monoisotopic (exact) mass is 334 g/mol. The quantitative estimate of drug-likeness (QED) is 0.807. The van der Waals surface area contributed by atoms with Gasteiger partial charge < -0.3 is 10.4 Å². The summed E-state index contributed by atoms with van der Waals surface area (Å²) in [5.41, 5.74) is 11.7. The molecule has 6 nitrogen and oxygen atoms in total. The van der Waals surface area contributed by atoms with Crippen molar-refractivity contribution in [3.05, 3.63) is 59.4 Å². The Morgan fingerprint density at radius 3 is 3.00 bits per heavy atom. The number of nitrogens with one attached hydrogen (secondary N) is 3. The molecule has 4 heterocycles. The molecule has 6 heteroatoms. The minimum absolute atomic E-state index is 0.499. The van der Waals surface area contributed by atoms with Gasteiger partial charge in [0, 0.05) is 30.8 Å². The molecule has 3 aliphatic rings. The molecule has 3 N–H and O–H groups in total. The molecule has 0 amide bonds. The lowest BCUT2D eigenvalue weighted by Crippen LogP contribution is -2.40. The summed E-state index contributed by atoms with van der Waals surface area (Å²) in [7, 11) is 0. The number of hydrazine groups is 2. The van der Waals surface area contributed by atoms with Gasteiger partial charge in [-0.1, -0.05) is 30.3 Å². The van der Waals surface area contributed by atoms with Gasteiger partial charge in [0.2, 0.25) is 0 Å². The SMILES string of the molecule is C1=Nc2[nH]ccc2C2=C(C3CCCN(Cc4ccccc4)C3)NNN12. The molecule has 0 saturated carbocycles. The van der Waals surface area contributed by atoms with Gasteiger partial charge in [0.05, 0.1) is 11.4 Å². The van der Waals surface area contributed by atoms with Crippen molar-refractivity contribution in [1.29, 1.82) is 0 Å². The van der Waals surface area contributed by atoms with E-state index in [0.29, 0.717) is 5.92 Å². The van der Waals surface area contributed by atoms with E-state index < -0.39 is 0 Å². The number of rotatable bonds is 3. The predicted octanol–water partition coefficient (Wildman–Crippen LogP) is 2.59. The van der Waals surface area contributed by atoms with Gasteiger partial charge in [0.1, 0.15) is 12.2 Å². The molecule has 128 valence electrons. The van der Waals surface area contributed by atoms with Gasteiger partial charge in [-0.3, -0.25) is 4.90 Å². The smallest absolute Gasteiger partial charge is 0.141 e. The number of aromatic nitrogens is 1. The highest BCUT2D eigenvalue weighted by atomic mass is 15.7. The molecule has 1 aromatic carbocycles. The van der Waals surface area contributed by atoms with Crippen molar-refractivity contribution < 1.29 is 0 Å². The Morgan fingerprint density at radius 1 is 1.16 bits per heavy atom. The van der Waals surface area contributed by atoms with Crippen LogP contribution in [0, 0.1) is 5.92 Å². The lowest BCUT2D eigenvalue weighted by molar-refractivity contribution is 0.180. The normalized spacial score (nSPS) is 22.7. The van der Waals surface area contributed by atoms with Crippen LogP contribution in [-0.2, 0) is 6.54 Å². The first-order valence-corrected chi connectivity index (χ1v) is 8.92. The molecule has 1 unspecified atom stereocenters. The summed E-state index contributed by atoms with van der Waals surface area (Å²) >= 11 is 0. The second-order valence-electron chi connectivity index (χ2n) is 6.91. The summed E-state index contributed by atoms with van der Waals surface area (Å²) in [5.74, 6) is 1.44. The van der Waals surface area contributed by atoms with Crippen molar-refractivity contribution in [2.24, 2.45) is 10.9 Å². The van der Waals surface area contributed by atoms with Crippen molar-refractivity contribution in [3.8, 4) is 0 Å². The van der Waals surface area contributed by atoms with Crippen molar-refractivity contribution in [1.82, 2.24) is 25.9 Å². The van der Waals surface area contributed by atoms with Crippen molar-refractivity contribution in [3.63, 3.8) is 0 Å². The summed E-state index contributed by atoms with van der Waals surface area (Å²) in [4.78, 5) is 10.2. The average Bonchev–Trinajstić information content (AvgIpc) is 3.29. The zero-order chi connectivity index (χ0) is 16.6. The minimum atomic E-state index is 0.499. The van der Waals surface area contributed by atoms with Crippen LogP contribution in [-0.4, -0.2) is 34.3 Å². The van der Waals surface area contributed by atoms with E-state index >= 15 is 0 Å². The fourth-order valence-electron chi connectivity index (χ4n) is 4.07. The van der Waals surface area contributed by atoms with Gasteiger partial charge in [-0.15, -0.1) is 5.53 Å². The van der Waals surface area contributed by atoms with Gasteiger partial charge in [-0.25, -0.2) is 10.0 Å². The van der Waals surface area contributed by atoms with E-state index in [4.69, 9.17) is 0 Å². The van der Waals surface area contributed by atoms with Crippen LogP contribution in [0.2, 0.25) is 0 Å². The molecular weight excluding hydrogens is 312 g/mol. The first kappa shape index (κ1) is 14.7. The number of hydrogen-bond acceptors (Lipinski definition) is 5. The van der Waals surface area contributed by atoms with Crippen LogP contribution < -0.4 is 11.0 Å². The molecule has 0 spiro atoms. The molecule has 0 radical (unpaired) electrons. The van der Waals surface area contributed by atoms with Gasteiger partial charge in [0.15, 0.2) is 0 Å². The minimum Gasteiger partial charge on any atom is -0.346 e. The van der Waals surface area contributed by atoms with E-state index in [-0.39, 0.29) is 0 Å². The maximum absolute atomic E-state index is 4.44. The lowest BCUT2D eigenvalue weighted by atomic mass is 9.92. The van der Waals surface area contributed by atoms with Gasteiger partial charge in [-0.2, -0.15) is 0 Å². The molecule has 0 aliphatic carbocycles. The fourth-order valence-corrected chi connectivity index (χ4v) is 4.07. The maximum Gasteiger partial charge on any atom is 0.141 e. The highest BCUT2D eigenvalue weighted by Gasteiger charge is 2.34. The Balaban J connectivity index is 1.40. The summed E-state index contributed by atoms with van der Waals surface area (Å²) < 4.78 is 0. The van der Waals surface area contributed by atoms with Crippen LogP contribution >= 0.6 is 0 Å². The van der Waals surface area contributed by atoms with Crippen molar-refractivity contribution in [2.75, 3.05) is 13.1 Å². The van der Waals surface area contributed by atoms with Gasteiger partial charge >= 0.3 is 0 Å². The Hall–Kier alpha value is -2.57. The standard InChI is InChI=1S/C19H22N6/c1-2-5-14(6-3-1)11-24-10-4-7-15(12-24)17-18-16-8-9-20-19(16)21-13-25(18)23-22-17/h1-3,5-6,8-9,13,15,20,22-23H,4,7,10-12H2. The summed E-state index contributed by atoms with van der Waals surface area (Å²) in [6, 6.07) is 12.9. The number of benzene rings is 1. The number of H-pyrrole nitrogens is 1. The maximum atomic E-state index is 4.44. The number of fused-ring (bicyclic) bond motifs is 3. The zero-order valence-electron chi connectivity index (χ0n) is 14.1. The zero-order valence-corrected chi connectivity index (χ0v) is 14.1. The number of piperidine rings is 1. The molecule has 1 saturated heterocycles. The fraction of sp³-hybridized carbons (Fsp3) is 0.316. The number of aromatic amines is 1. The molecule has 25 heavy (non-hydrogen) atoms. The van der Waals surface area contributed by atoms with Crippen LogP contribution in [0.3, 0.4) is 0 Å². The number of likely N-dealkylation sites (tertiary alicyclic amines) is 1. The molecule has 2 aromatic rings. The number of hydrogen-bond donors (Lipinski definition) is 3. The van der Waals surface area contributed by atoms with E-state index in [1.54, 1.807) is 0 Å². The molecule has 3 aliphatic heterocycles. The number of nitrogens with zero attached hydrogens (tertiary/aromatic N) is 3. The van der Waals surface area contributed by atoms with Crippen LogP contribution in [0.5, 0.6) is 0 Å². The topological polar surface area (TPSA) is 58.7 Å². The van der Waals surface area contributed by atoms with Crippen LogP contribution in [0.1, 0.15) is 24.0 Å². The summed E-state index contributed by atoms with van der Waals surface area (Å²) in [6.07, 6.45) is 6.23. The molecule has 1 aromatic heterocycles. The van der Waals surface area contributed by atoms with Gasteiger partial charge in [-0.05, 0) is 31.0 Å². The molecular formula is C19H22N6. The highest BCUT2D eigenvalue weighted by molar-refractivity contribution is 5.87. The second kappa shape index (κ2) is 6.06. The van der Waals surface area contributed by atoms with E-state index in [1.807, 2.05) is 17.5 Å². The molecule has 5 rings (SSSR count). The molecule has 1 atom stereocenters. The van der Waals surface area contributed by atoms with Crippen LogP contribution in [0.25, 0.3) is 5.70 Å². The highest BCUT2D eigenvalue weighted by Crippen LogP contribution is 2.37. The van der Waals surface area contributed by atoms with Gasteiger partial charge in [0.25, 0.3) is 0 Å². The van der Waals surface area contributed by atoms with E-state index in [2.05, 4.69) is 62.2 Å². The Labute approximate surface area is 147 Å². The lowest BCUT2D eigenvalue weighted by Gasteiger charge is -2.33. The predicted molar refractivity (Wildman–Crippen MR) is 98.4 cm³/mol. The summed E-state index contributed by atoms with van der Waals surface area (Å²) in [5, 5.41) is 1.99. The summed E-state index contributed by atoms with van der Waals surface area (Å²) in [6.45, 7) is 3.27. The van der Waals surface area contributed by atoms with E-state index in [0.717, 1.165) is 24.5 Å². The molecule has 1 fully saturated rings.